The fraction of sp³-hybridized carbons (Fsp3) is 0. The van der Waals surface area contributed by atoms with E-state index in [0.29, 0.717) is 16.8 Å². The normalized spacial score (nSPS) is 11.2. The first-order valence-electron chi connectivity index (χ1n) is 7.49. The molecule has 0 heterocycles. The molecule has 4 N–H and O–H groups in total. The largest absolute Gasteiger partial charge is 0.398 e. The molecule has 4 aromatic carbocycles. The third-order valence-corrected chi connectivity index (χ3v) is 4.23. The van der Waals surface area contributed by atoms with Crippen molar-refractivity contribution in [3.05, 3.63) is 72.3 Å². The second-order valence-corrected chi connectivity index (χ2v) is 5.86. The number of anilines is 2. The van der Waals surface area contributed by atoms with Gasteiger partial charge in [0.05, 0.1) is 0 Å². The molecule has 0 radical (unpaired) electrons. The van der Waals surface area contributed by atoms with Crippen molar-refractivity contribution in [2.24, 2.45) is 0 Å². The average molecular weight is 320 g/mol. The lowest BCUT2D eigenvalue weighted by Gasteiger charge is -2.10. The summed E-state index contributed by atoms with van der Waals surface area (Å²) in [6.45, 7) is 0. The number of benzene rings is 4. The van der Waals surface area contributed by atoms with Crippen molar-refractivity contribution in [3.8, 4) is 11.1 Å². The van der Waals surface area contributed by atoms with Crippen LogP contribution >= 0.6 is 0 Å². The Labute approximate surface area is 137 Å². The second kappa shape index (κ2) is 5.20. The molecule has 0 fully saturated rings. The molecular weight excluding hydrogens is 306 g/mol. The Morgan fingerprint density at radius 3 is 1.88 bits per heavy atom. The number of fused-ring (bicyclic) bond motifs is 2. The van der Waals surface area contributed by atoms with E-state index in [1.54, 1.807) is 6.07 Å². The van der Waals surface area contributed by atoms with Gasteiger partial charge in [0.1, 0.15) is 11.6 Å². The lowest BCUT2D eigenvalue weighted by atomic mass is 9.97. The van der Waals surface area contributed by atoms with Crippen LogP contribution in [-0.4, -0.2) is 0 Å². The molecule has 0 aliphatic carbocycles. The first-order chi connectivity index (χ1) is 11.5. The predicted molar refractivity (Wildman–Crippen MR) is 95.6 cm³/mol. The molecule has 0 bridgehead atoms. The fourth-order valence-electron chi connectivity index (χ4n) is 3.08. The molecule has 2 nitrogen and oxygen atoms in total. The van der Waals surface area contributed by atoms with Crippen LogP contribution in [0.25, 0.3) is 32.7 Å². The van der Waals surface area contributed by atoms with Crippen LogP contribution < -0.4 is 11.5 Å². The Balaban J connectivity index is 1.95. The summed E-state index contributed by atoms with van der Waals surface area (Å²) < 4.78 is 27.1. The van der Waals surface area contributed by atoms with E-state index in [2.05, 4.69) is 0 Å². The van der Waals surface area contributed by atoms with Gasteiger partial charge in [-0.2, -0.15) is 0 Å². The first-order valence-corrected chi connectivity index (χ1v) is 7.49. The van der Waals surface area contributed by atoms with E-state index in [9.17, 15) is 8.78 Å². The van der Waals surface area contributed by atoms with E-state index in [1.165, 1.54) is 24.3 Å². The molecule has 4 aromatic rings. The highest BCUT2D eigenvalue weighted by Gasteiger charge is 2.08. The minimum absolute atomic E-state index is 0.313. The van der Waals surface area contributed by atoms with Crippen LogP contribution in [0.3, 0.4) is 0 Å². The molecule has 118 valence electrons. The minimum atomic E-state index is -0.378. The summed E-state index contributed by atoms with van der Waals surface area (Å²) in [6.07, 6.45) is 0. The molecule has 0 atom stereocenters. The first kappa shape index (κ1) is 14.5. The van der Waals surface area contributed by atoms with Gasteiger partial charge in [-0.3, -0.25) is 0 Å². The molecular formula is C20H14F2N2. The molecule has 0 amide bonds. The molecule has 0 aromatic heterocycles. The molecule has 0 aliphatic rings. The Hall–Kier alpha value is -3.14. The lowest BCUT2D eigenvalue weighted by Crippen LogP contribution is -1.91. The fourth-order valence-corrected chi connectivity index (χ4v) is 3.08. The van der Waals surface area contributed by atoms with Crippen molar-refractivity contribution in [2.45, 2.75) is 0 Å². The quantitative estimate of drug-likeness (QED) is 0.479. The molecule has 0 spiro atoms. The number of nitrogens with two attached hydrogens (primary N) is 2. The van der Waals surface area contributed by atoms with Crippen molar-refractivity contribution >= 4 is 32.9 Å². The van der Waals surface area contributed by atoms with E-state index in [1.807, 2.05) is 30.3 Å². The number of nitrogen functional groups attached to an aromatic ring is 2. The van der Waals surface area contributed by atoms with Crippen LogP contribution in [0, 0.1) is 11.6 Å². The standard InChI is InChI=1S/C20H14F2N2/c21-15-2-4-18-14(7-15)6-12(9-19(18)23)11-1-3-17-13(5-11)8-16(22)10-20(17)24/h1-10H,23-24H2. The summed E-state index contributed by atoms with van der Waals surface area (Å²) in [7, 11) is 0. The number of hydrogen-bond donors (Lipinski definition) is 2. The van der Waals surface area contributed by atoms with E-state index in [0.717, 1.165) is 27.3 Å². The Morgan fingerprint density at radius 1 is 0.542 bits per heavy atom. The van der Waals surface area contributed by atoms with Crippen molar-refractivity contribution in [1.29, 1.82) is 0 Å². The van der Waals surface area contributed by atoms with E-state index in [4.69, 9.17) is 11.5 Å². The zero-order valence-electron chi connectivity index (χ0n) is 12.7. The zero-order valence-corrected chi connectivity index (χ0v) is 12.7. The Kier molecular flexibility index (Phi) is 3.13. The van der Waals surface area contributed by atoms with Gasteiger partial charge in [0.2, 0.25) is 0 Å². The second-order valence-electron chi connectivity index (χ2n) is 5.86. The molecule has 24 heavy (non-hydrogen) atoms. The van der Waals surface area contributed by atoms with Crippen molar-refractivity contribution in [2.75, 3.05) is 11.5 Å². The third kappa shape index (κ3) is 2.33. The van der Waals surface area contributed by atoms with Gasteiger partial charge in [0.25, 0.3) is 0 Å². The molecule has 0 saturated carbocycles. The van der Waals surface area contributed by atoms with Gasteiger partial charge in [-0.15, -0.1) is 0 Å². The smallest absolute Gasteiger partial charge is 0.125 e. The monoisotopic (exact) mass is 320 g/mol. The van der Waals surface area contributed by atoms with E-state index < -0.39 is 0 Å². The molecule has 0 unspecified atom stereocenters. The van der Waals surface area contributed by atoms with Gasteiger partial charge >= 0.3 is 0 Å². The van der Waals surface area contributed by atoms with E-state index in [-0.39, 0.29) is 11.6 Å². The summed E-state index contributed by atoms with van der Waals surface area (Å²) in [5, 5.41) is 3.03. The number of hydrogen-bond acceptors (Lipinski definition) is 2. The maximum absolute atomic E-state index is 13.6. The molecule has 4 rings (SSSR count). The van der Waals surface area contributed by atoms with Crippen molar-refractivity contribution in [3.63, 3.8) is 0 Å². The highest BCUT2D eigenvalue weighted by Crippen LogP contribution is 2.32. The minimum Gasteiger partial charge on any atom is -0.398 e. The van der Waals surface area contributed by atoms with Gasteiger partial charge in [0.15, 0.2) is 0 Å². The number of rotatable bonds is 1. The van der Waals surface area contributed by atoms with Crippen LogP contribution in [0.2, 0.25) is 0 Å². The summed E-state index contributed by atoms with van der Waals surface area (Å²) >= 11 is 0. The van der Waals surface area contributed by atoms with Gasteiger partial charge in [0, 0.05) is 22.1 Å². The SMILES string of the molecule is Nc1cc(F)cc2cc(-c3cc(N)c4ccc(F)cc4c3)ccc12. The van der Waals surface area contributed by atoms with Crippen LogP contribution in [0.4, 0.5) is 20.2 Å². The van der Waals surface area contributed by atoms with Crippen molar-refractivity contribution < 1.29 is 8.78 Å². The molecule has 0 aliphatic heterocycles. The van der Waals surface area contributed by atoms with Gasteiger partial charge in [-0.05, 0) is 70.4 Å². The Morgan fingerprint density at radius 2 is 1.12 bits per heavy atom. The van der Waals surface area contributed by atoms with Crippen LogP contribution in [0.1, 0.15) is 0 Å². The number of halogens is 2. The lowest BCUT2D eigenvalue weighted by molar-refractivity contribution is 0.629. The summed E-state index contributed by atoms with van der Waals surface area (Å²) in [5.74, 6) is -0.690. The highest BCUT2D eigenvalue weighted by molar-refractivity contribution is 5.99. The maximum atomic E-state index is 13.6. The molecule has 0 saturated heterocycles. The maximum Gasteiger partial charge on any atom is 0.125 e. The van der Waals surface area contributed by atoms with Crippen molar-refractivity contribution in [1.82, 2.24) is 0 Å². The van der Waals surface area contributed by atoms with E-state index >= 15 is 0 Å². The van der Waals surface area contributed by atoms with Crippen LogP contribution in [0.15, 0.2) is 60.7 Å². The third-order valence-electron chi connectivity index (χ3n) is 4.23. The Bertz CT molecular complexity index is 1100. The van der Waals surface area contributed by atoms with Gasteiger partial charge < -0.3 is 11.5 Å². The summed E-state index contributed by atoms with van der Waals surface area (Å²) in [6, 6.07) is 16.6. The zero-order chi connectivity index (χ0) is 16.8. The predicted octanol–water partition coefficient (Wildman–Crippen LogP) is 5.10. The van der Waals surface area contributed by atoms with Crippen LogP contribution in [0.5, 0.6) is 0 Å². The summed E-state index contributed by atoms with van der Waals surface area (Å²) in [4.78, 5) is 0. The van der Waals surface area contributed by atoms with Gasteiger partial charge in [-0.25, -0.2) is 8.78 Å². The average Bonchev–Trinajstić information content (AvgIpc) is 2.53. The summed E-state index contributed by atoms with van der Waals surface area (Å²) in [5.41, 5.74) is 14.6. The van der Waals surface area contributed by atoms with Gasteiger partial charge in [-0.1, -0.05) is 12.1 Å². The highest BCUT2D eigenvalue weighted by atomic mass is 19.1. The van der Waals surface area contributed by atoms with Crippen LogP contribution in [-0.2, 0) is 0 Å². The molecule has 4 heteroatoms. The topological polar surface area (TPSA) is 52.0 Å².